The van der Waals surface area contributed by atoms with E-state index in [-0.39, 0.29) is 6.10 Å². The molecule has 1 aliphatic heterocycles. The Balaban J connectivity index is 2.26. The van der Waals surface area contributed by atoms with Gasteiger partial charge in [-0.15, -0.1) is 0 Å². The lowest BCUT2D eigenvalue weighted by Gasteiger charge is -2.32. The first-order valence-electron chi connectivity index (χ1n) is 5.69. The molecule has 2 heteroatoms. The van der Waals surface area contributed by atoms with Crippen LogP contribution < -0.4 is 4.90 Å². The number of rotatable bonds is 2. The zero-order valence-electron chi connectivity index (χ0n) is 9.53. The fourth-order valence-electron chi connectivity index (χ4n) is 2.31. The highest BCUT2D eigenvalue weighted by Crippen LogP contribution is 2.27. The first-order valence-corrected chi connectivity index (χ1v) is 5.69. The monoisotopic (exact) mass is 205 g/mol. The van der Waals surface area contributed by atoms with Gasteiger partial charge in [-0.2, -0.15) is 0 Å². The lowest BCUT2D eigenvalue weighted by Crippen LogP contribution is -2.35. The molecule has 1 aromatic rings. The molecule has 1 heterocycles. The molecule has 0 aliphatic carbocycles. The van der Waals surface area contributed by atoms with Crippen molar-refractivity contribution in [2.45, 2.75) is 32.8 Å². The first kappa shape index (κ1) is 10.5. The molecule has 0 radical (unpaired) electrons. The van der Waals surface area contributed by atoms with Gasteiger partial charge in [0.05, 0.1) is 6.10 Å². The molecule has 15 heavy (non-hydrogen) atoms. The van der Waals surface area contributed by atoms with Crippen molar-refractivity contribution >= 4 is 5.69 Å². The summed E-state index contributed by atoms with van der Waals surface area (Å²) in [4.78, 5) is 2.29. The molecule has 1 atom stereocenters. The van der Waals surface area contributed by atoms with Crippen molar-refractivity contribution in [3.63, 3.8) is 0 Å². The average Bonchev–Trinajstić information content (AvgIpc) is 2.16. The highest BCUT2D eigenvalue weighted by Gasteiger charge is 2.17. The zero-order chi connectivity index (χ0) is 10.8. The van der Waals surface area contributed by atoms with E-state index >= 15 is 0 Å². The summed E-state index contributed by atoms with van der Waals surface area (Å²) in [6, 6.07) is 6.61. The Kier molecular flexibility index (Phi) is 2.96. The summed E-state index contributed by atoms with van der Waals surface area (Å²) in [5.74, 6) is 0. The van der Waals surface area contributed by atoms with E-state index in [1.807, 2.05) is 6.92 Å². The summed E-state index contributed by atoms with van der Waals surface area (Å²) < 4.78 is 0. The van der Waals surface area contributed by atoms with E-state index in [0.29, 0.717) is 0 Å². The summed E-state index contributed by atoms with van der Waals surface area (Å²) in [5.41, 5.74) is 4.07. The van der Waals surface area contributed by atoms with E-state index < -0.39 is 0 Å². The largest absolute Gasteiger partial charge is 0.392 e. The second-order valence-corrected chi connectivity index (χ2v) is 4.53. The highest BCUT2D eigenvalue weighted by molar-refractivity contribution is 5.56. The normalized spacial score (nSPS) is 17.4. The van der Waals surface area contributed by atoms with Crippen molar-refractivity contribution in [1.29, 1.82) is 0 Å². The Morgan fingerprint density at radius 1 is 1.47 bits per heavy atom. The fourth-order valence-corrected chi connectivity index (χ4v) is 2.31. The number of hydrogen-bond donors (Lipinski definition) is 1. The van der Waals surface area contributed by atoms with Gasteiger partial charge >= 0.3 is 0 Å². The molecule has 82 valence electrons. The molecule has 0 unspecified atom stereocenters. The highest BCUT2D eigenvalue weighted by atomic mass is 16.3. The number of fused-ring (bicyclic) bond motifs is 1. The number of aliphatic hydroxyl groups is 1. The zero-order valence-corrected chi connectivity index (χ0v) is 9.53. The van der Waals surface area contributed by atoms with Crippen molar-refractivity contribution in [2.24, 2.45) is 0 Å². The molecule has 2 nitrogen and oxygen atoms in total. The summed E-state index contributed by atoms with van der Waals surface area (Å²) in [5, 5.41) is 9.44. The van der Waals surface area contributed by atoms with Crippen LogP contribution in [0.4, 0.5) is 5.69 Å². The maximum atomic E-state index is 9.44. The second-order valence-electron chi connectivity index (χ2n) is 4.53. The van der Waals surface area contributed by atoms with E-state index in [1.54, 1.807) is 0 Å². The maximum Gasteiger partial charge on any atom is 0.0687 e. The Bertz CT molecular complexity index is 346. The fraction of sp³-hybridized carbons (Fsp3) is 0.538. The van der Waals surface area contributed by atoms with Crippen LogP contribution >= 0.6 is 0 Å². The van der Waals surface area contributed by atoms with Crippen LogP contribution in [-0.4, -0.2) is 24.3 Å². The SMILES string of the molecule is Cc1ccc2c(c1)CCCN2C[C@H](C)O. The number of anilines is 1. The van der Waals surface area contributed by atoms with Gasteiger partial charge in [-0.05, 0) is 38.3 Å². The van der Waals surface area contributed by atoms with Gasteiger partial charge in [0, 0.05) is 18.8 Å². The number of nitrogens with zero attached hydrogens (tertiary/aromatic N) is 1. The van der Waals surface area contributed by atoms with Gasteiger partial charge in [0.1, 0.15) is 0 Å². The van der Waals surface area contributed by atoms with Gasteiger partial charge < -0.3 is 10.0 Å². The van der Waals surface area contributed by atoms with Gasteiger partial charge in [-0.3, -0.25) is 0 Å². The molecule has 1 aromatic carbocycles. The minimum atomic E-state index is -0.253. The van der Waals surface area contributed by atoms with E-state index in [0.717, 1.165) is 13.1 Å². The lowest BCUT2D eigenvalue weighted by atomic mass is 9.99. The van der Waals surface area contributed by atoms with Crippen LogP contribution in [0.5, 0.6) is 0 Å². The van der Waals surface area contributed by atoms with Gasteiger partial charge in [-0.1, -0.05) is 17.7 Å². The van der Waals surface area contributed by atoms with Crippen LogP contribution in [0.1, 0.15) is 24.5 Å². The standard InChI is InChI=1S/C13H19NO/c1-10-5-6-13-12(8-10)4-3-7-14(13)9-11(2)15/h5-6,8,11,15H,3-4,7,9H2,1-2H3/t11-/m0/s1. The van der Waals surface area contributed by atoms with Crippen molar-refractivity contribution in [2.75, 3.05) is 18.0 Å². The Morgan fingerprint density at radius 2 is 2.27 bits per heavy atom. The third-order valence-electron chi connectivity index (χ3n) is 2.93. The number of aliphatic hydroxyl groups excluding tert-OH is 1. The minimum Gasteiger partial charge on any atom is -0.392 e. The van der Waals surface area contributed by atoms with Crippen molar-refractivity contribution < 1.29 is 5.11 Å². The molecule has 0 saturated carbocycles. The Labute approximate surface area is 91.5 Å². The molecule has 2 rings (SSSR count). The lowest BCUT2D eigenvalue weighted by molar-refractivity contribution is 0.199. The minimum absolute atomic E-state index is 0.253. The predicted molar refractivity (Wildman–Crippen MR) is 63.4 cm³/mol. The number of benzene rings is 1. The van der Waals surface area contributed by atoms with Crippen molar-refractivity contribution in [1.82, 2.24) is 0 Å². The Hall–Kier alpha value is -1.02. The van der Waals surface area contributed by atoms with Gasteiger partial charge in [0.15, 0.2) is 0 Å². The molecule has 0 fully saturated rings. The number of β-amino-alcohol motifs (C(OH)–C–C–N with tert-alkyl or cyclic N) is 1. The van der Waals surface area contributed by atoms with Crippen molar-refractivity contribution in [3.05, 3.63) is 29.3 Å². The number of aryl methyl sites for hydroxylation is 2. The number of hydrogen-bond acceptors (Lipinski definition) is 2. The van der Waals surface area contributed by atoms with E-state index in [2.05, 4.69) is 30.0 Å². The van der Waals surface area contributed by atoms with E-state index in [9.17, 15) is 5.11 Å². The van der Waals surface area contributed by atoms with Gasteiger partial charge in [-0.25, -0.2) is 0 Å². The molecule has 0 bridgehead atoms. The smallest absolute Gasteiger partial charge is 0.0687 e. The molecule has 0 amide bonds. The first-order chi connectivity index (χ1) is 7.16. The van der Waals surface area contributed by atoms with E-state index in [1.165, 1.54) is 29.7 Å². The molecule has 0 spiro atoms. The van der Waals surface area contributed by atoms with Crippen LogP contribution in [0.15, 0.2) is 18.2 Å². The maximum absolute atomic E-state index is 9.44. The van der Waals surface area contributed by atoms with Crippen LogP contribution in [0.2, 0.25) is 0 Å². The third kappa shape index (κ3) is 2.32. The van der Waals surface area contributed by atoms with Gasteiger partial charge in [0.25, 0.3) is 0 Å². The Morgan fingerprint density at radius 3 is 3.00 bits per heavy atom. The van der Waals surface area contributed by atoms with E-state index in [4.69, 9.17) is 0 Å². The molecule has 0 saturated heterocycles. The quantitative estimate of drug-likeness (QED) is 0.799. The van der Waals surface area contributed by atoms with Gasteiger partial charge in [0.2, 0.25) is 0 Å². The molecular formula is C13H19NO. The van der Waals surface area contributed by atoms with Crippen LogP contribution in [-0.2, 0) is 6.42 Å². The molecular weight excluding hydrogens is 186 g/mol. The molecule has 1 aliphatic rings. The average molecular weight is 205 g/mol. The summed E-state index contributed by atoms with van der Waals surface area (Å²) in [6.07, 6.45) is 2.12. The summed E-state index contributed by atoms with van der Waals surface area (Å²) in [7, 11) is 0. The predicted octanol–water partition coefficient (Wildman–Crippen LogP) is 2.13. The molecule has 0 aromatic heterocycles. The second kappa shape index (κ2) is 4.23. The van der Waals surface area contributed by atoms with Crippen LogP contribution in [0.25, 0.3) is 0 Å². The van der Waals surface area contributed by atoms with Crippen LogP contribution in [0.3, 0.4) is 0 Å². The summed E-state index contributed by atoms with van der Waals surface area (Å²) in [6.45, 7) is 5.80. The topological polar surface area (TPSA) is 23.5 Å². The van der Waals surface area contributed by atoms with Crippen molar-refractivity contribution in [3.8, 4) is 0 Å². The molecule has 1 N–H and O–H groups in total. The summed E-state index contributed by atoms with van der Waals surface area (Å²) >= 11 is 0. The third-order valence-corrected chi connectivity index (χ3v) is 2.93. The van der Waals surface area contributed by atoms with Crippen LogP contribution in [0, 0.1) is 6.92 Å².